The minimum Gasteiger partial charge on any atom is -0.326 e. The second-order valence-electron chi connectivity index (χ2n) is 7.26. The molecule has 1 saturated carbocycles. The maximum absolute atomic E-state index is 12.1. The van der Waals surface area contributed by atoms with Crippen LogP contribution in [0.4, 0.5) is 5.69 Å². The van der Waals surface area contributed by atoms with Crippen molar-refractivity contribution in [2.75, 3.05) is 24.3 Å². The molecule has 138 valence electrons. The van der Waals surface area contributed by atoms with Crippen molar-refractivity contribution in [1.82, 2.24) is 4.90 Å². The largest absolute Gasteiger partial charge is 0.326 e. The van der Waals surface area contributed by atoms with Gasteiger partial charge in [0.1, 0.15) is 0 Å². The van der Waals surface area contributed by atoms with Gasteiger partial charge in [-0.2, -0.15) is 0 Å². The van der Waals surface area contributed by atoms with E-state index < -0.39 is 0 Å². The number of amides is 1. The first kappa shape index (κ1) is 19.0. The fourth-order valence-electron chi connectivity index (χ4n) is 4.37. The van der Waals surface area contributed by atoms with Gasteiger partial charge < -0.3 is 5.32 Å². The van der Waals surface area contributed by atoms with E-state index in [-0.39, 0.29) is 11.3 Å². The van der Waals surface area contributed by atoms with E-state index in [9.17, 15) is 4.79 Å². The first-order valence-electron chi connectivity index (χ1n) is 9.52. The van der Waals surface area contributed by atoms with Crippen LogP contribution in [0.25, 0.3) is 0 Å². The number of benzene rings is 1. The number of nitrogens with zero attached hydrogens (tertiary/aromatic N) is 1. The molecule has 0 spiro atoms. The average molecular weight is 383 g/mol. The van der Waals surface area contributed by atoms with Crippen molar-refractivity contribution in [2.24, 2.45) is 0 Å². The molecule has 0 radical (unpaired) electrons. The standard InChI is InChI=1S/C20H28Cl2N2O/c21-11-10-20(25)23-18-9-2-1-7-16(18)17-8-5-6-15(22)14-19(17)24-12-3-4-13-24/h1-2,7,9,15,17,19H,3-6,8,10-14H2,(H,23,25). The first-order chi connectivity index (χ1) is 12.2. The summed E-state index contributed by atoms with van der Waals surface area (Å²) in [6.45, 7) is 2.34. The summed E-state index contributed by atoms with van der Waals surface area (Å²) in [5, 5.41) is 3.33. The van der Waals surface area contributed by atoms with E-state index in [0.717, 1.165) is 31.4 Å². The van der Waals surface area contributed by atoms with E-state index in [1.54, 1.807) is 0 Å². The Hall–Kier alpha value is -0.770. The molecule has 2 fully saturated rings. The van der Waals surface area contributed by atoms with E-state index in [1.807, 2.05) is 12.1 Å². The Balaban J connectivity index is 1.87. The third-order valence-corrected chi connectivity index (χ3v) is 6.15. The number of nitrogens with one attached hydrogen (secondary N) is 1. The van der Waals surface area contributed by atoms with Crippen molar-refractivity contribution >= 4 is 34.8 Å². The molecule has 1 saturated heterocycles. The minimum atomic E-state index is -0.0102. The predicted molar refractivity (Wildman–Crippen MR) is 106 cm³/mol. The Morgan fingerprint density at radius 2 is 1.92 bits per heavy atom. The lowest BCUT2D eigenvalue weighted by molar-refractivity contribution is -0.115. The molecule has 3 atom stereocenters. The van der Waals surface area contributed by atoms with Crippen molar-refractivity contribution in [3.05, 3.63) is 29.8 Å². The Kier molecular flexibility index (Phi) is 7.03. The second kappa shape index (κ2) is 9.25. The third kappa shape index (κ3) is 4.90. The van der Waals surface area contributed by atoms with Crippen LogP contribution in [0.5, 0.6) is 0 Å². The lowest BCUT2D eigenvalue weighted by Crippen LogP contribution is -2.38. The third-order valence-electron chi connectivity index (χ3n) is 5.56. The lowest BCUT2D eigenvalue weighted by Gasteiger charge is -2.35. The highest BCUT2D eigenvalue weighted by molar-refractivity contribution is 6.20. The highest BCUT2D eigenvalue weighted by Crippen LogP contribution is 2.40. The molecule has 1 amide bonds. The van der Waals surface area contributed by atoms with Gasteiger partial charge in [0, 0.05) is 35.3 Å². The summed E-state index contributed by atoms with van der Waals surface area (Å²) in [7, 11) is 0. The number of anilines is 1. The normalized spacial score (nSPS) is 27.8. The van der Waals surface area contributed by atoms with Gasteiger partial charge in [0.15, 0.2) is 0 Å². The van der Waals surface area contributed by atoms with Gasteiger partial charge >= 0.3 is 0 Å². The van der Waals surface area contributed by atoms with E-state index in [1.165, 1.54) is 31.5 Å². The summed E-state index contributed by atoms with van der Waals surface area (Å²) >= 11 is 12.3. The van der Waals surface area contributed by atoms with Crippen LogP contribution in [-0.2, 0) is 4.79 Å². The Labute approximate surface area is 161 Å². The molecule has 25 heavy (non-hydrogen) atoms. The number of carbonyl (C=O) groups is 1. The monoisotopic (exact) mass is 382 g/mol. The zero-order chi connectivity index (χ0) is 17.6. The van der Waals surface area contributed by atoms with Crippen molar-refractivity contribution in [3.8, 4) is 0 Å². The molecule has 1 aliphatic heterocycles. The van der Waals surface area contributed by atoms with Crippen LogP contribution in [0.1, 0.15) is 56.4 Å². The van der Waals surface area contributed by atoms with Crippen LogP contribution < -0.4 is 5.32 Å². The second-order valence-corrected chi connectivity index (χ2v) is 8.25. The summed E-state index contributed by atoms with van der Waals surface area (Å²) in [6, 6.07) is 8.74. The molecular formula is C20H28Cl2N2O. The van der Waals surface area contributed by atoms with Gasteiger partial charge in [-0.25, -0.2) is 0 Å². The molecule has 3 unspecified atom stereocenters. The van der Waals surface area contributed by atoms with Gasteiger partial charge in [0.25, 0.3) is 0 Å². The zero-order valence-electron chi connectivity index (χ0n) is 14.7. The fourth-order valence-corrected chi connectivity index (χ4v) is 4.88. The van der Waals surface area contributed by atoms with Crippen LogP contribution in [0.15, 0.2) is 24.3 Å². The van der Waals surface area contributed by atoms with Gasteiger partial charge in [0.05, 0.1) is 0 Å². The summed E-state index contributed by atoms with van der Waals surface area (Å²) in [6.07, 6.45) is 7.31. The van der Waals surface area contributed by atoms with Gasteiger partial charge in [-0.15, -0.1) is 23.2 Å². The van der Waals surface area contributed by atoms with Gasteiger partial charge in [-0.3, -0.25) is 9.69 Å². The molecule has 3 nitrogen and oxygen atoms in total. The van der Waals surface area contributed by atoms with Crippen molar-refractivity contribution < 1.29 is 4.79 Å². The maximum Gasteiger partial charge on any atom is 0.225 e. The number of rotatable bonds is 5. The summed E-state index contributed by atoms with van der Waals surface area (Å²) in [5.74, 6) is 0.764. The number of likely N-dealkylation sites (tertiary alicyclic amines) is 1. The summed E-state index contributed by atoms with van der Waals surface area (Å²) < 4.78 is 0. The van der Waals surface area contributed by atoms with Gasteiger partial charge in [-0.1, -0.05) is 24.6 Å². The smallest absolute Gasteiger partial charge is 0.225 e. The first-order valence-corrected chi connectivity index (χ1v) is 10.5. The number of hydrogen-bond acceptors (Lipinski definition) is 2. The number of alkyl halides is 2. The molecule has 1 N–H and O–H groups in total. The van der Waals surface area contributed by atoms with Crippen molar-refractivity contribution in [3.63, 3.8) is 0 Å². The molecule has 1 aromatic carbocycles. The maximum atomic E-state index is 12.1. The highest BCUT2D eigenvalue weighted by atomic mass is 35.5. The molecule has 0 aromatic heterocycles. The fraction of sp³-hybridized carbons (Fsp3) is 0.650. The van der Waals surface area contributed by atoms with Crippen molar-refractivity contribution in [2.45, 2.75) is 62.3 Å². The quantitative estimate of drug-likeness (QED) is 0.574. The number of halogens is 2. The van der Waals surface area contributed by atoms with E-state index in [2.05, 4.69) is 22.3 Å². The van der Waals surface area contributed by atoms with Crippen LogP contribution >= 0.6 is 23.2 Å². The average Bonchev–Trinajstić information content (AvgIpc) is 3.06. The molecule has 1 aliphatic carbocycles. The topological polar surface area (TPSA) is 32.3 Å². The zero-order valence-corrected chi connectivity index (χ0v) is 16.2. The SMILES string of the molecule is O=C(CCCl)Nc1ccccc1C1CCCC(Cl)CC1N1CCCC1. The van der Waals surface area contributed by atoms with Crippen molar-refractivity contribution in [1.29, 1.82) is 0 Å². The number of hydrogen-bond donors (Lipinski definition) is 1. The molecule has 3 rings (SSSR count). The molecule has 2 aliphatic rings. The molecule has 1 aromatic rings. The van der Waals surface area contributed by atoms with Crippen LogP contribution in [-0.4, -0.2) is 41.2 Å². The van der Waals surface area contributed by atoms with Crippen LogP contribution in [0.3, 0.4) is 0 Å². The van der Waals surface area contributed by atoms with E-state index in [0.29, 0.717) is 24.3 Å². The lowest BCUT2D eigenvalue weighted by atomic mass is 9.85. The molecular weight excluding hydrogens is 355 g/mol. The number of carbonyl (C=O) groups excluding carboxylic acids is 1. The van der Waals surface area contributed by atoms with E-state index >= 15 is 0 Å². The van der Waals surface area contributed by atoms with Crippen LogP contribution in [0.2, 0.25) is 0 Å². The van der Waals surface area contributed by atoms with Gasteiger partial charge in [0.2, 0.25) is 5.91 Å². The highest BCUT2D eigenvalue weighted by Gasteiger charge is 2.35. The van der Waals surface area contributed by atoms with Gasteiger partial charge in [-0.05, 0) is 56.8 Å². The van der Waals surface area contributed by atoms with E-state index in [4.69, 9.17) is 23.2 Å². The molecule has 0 bridgehead atoms. The number of para-hydroxylation sites is 1. The minimum absolute atomic E-state index is 0.0102. The predicted octanol–water partition coefficient (Wildman–Crippen LogP) is 4.98. The molecule has 1 heterocycles. The Morgan fingerprint density at radius 1 is 1.16 bits per heavy atom. The Morgan fingerprint density at radius 3 is 2.68 bits per heavy atom. The van der Waals surface area contributed by atoms with Crippen LogP contribution in [0, 0.1) is 0 Å². The molecule has 5 heteroatoms. The summed E-state index contributed by atoms with van der Waals surface area (Å²) in [5.41, 5.74) is 2.20. The summed E-state index contributed by atoms with van der Waals surface area (Å²) in [4.78, 5) is 14.7. The Bertz CT molecular complexity index is 575.